The van der Waals surface area contributed by atoms with Gasteiger partial charge in [-0.2, -0.15) is 0 Å². The zero-order valence-corrected chi connectivity index (χ0v) is 21.4. The molecule has 0 spiro atoms. The Balaban J connectivity index is 0.00000420. The summed E-state index contributed by atoms with van der Waals surface area (Å²) in [4.78, 5) is 42.9. The molecule has 0 fully saturated rings. The largest absolute Gasteiger partial charge is 0.489 e. The Labute approximate surface area is 221 Å². The van der Waals surface area contributed by atoms with Gasteiger partial charge in [0.15, 0.2) is 5.78 Å². The first-order valence-electron chi connectivity index (χ1n) is 12.5. The van der Waals surface area contributed by atoms with Gasteiger partial charge in [0.1, 0.15) is 18.1 Å². The van der Waals surface area contributed by atoms with E-state index in [1.165, 1.54) is 0 Å². The van der Waals surface area contributed by atoms with Crippen molar-refractivity contribution in [3.05, 3.63) is 101 Å². The van der Waals surface area contributed by atoms with Crippen LogP contribution in [0.2, 0.25) is 0 Å². The van der Waals surface area contributed by atoms with Crippen molar-refractivity contribution in [1.29, 1.82) is 0 Å². The Hall–Kier alpha value is -4.53. The number of hydrogen-bond acceptors (Lipinski definition) is 7. The van der Waals surface area contributed by atoms with Crippen LogP contribution in [0.5, 0.6) is 5.75 Å². The molecule has 0 aliphatic heterocycles. The molecule has 1 unspecified atom stereocenters. The Morgan fingerprint density at radius 3 is 2.42 bits per heavy atom. The molecule has 1 atom stereocenters. The molecule has 0 aliphatic rings. The van der Waals surface area contributed by atoms with Gasteiger partial charge in [0.2, 0.25) is 5.82 Å². The maximum atomic E-state index is 13.3. The second kappa shape index (κ2) is 12.6. The third-order valence-corrected chi connectivity index (χ3v) is 5.99. The third kappa shape index (κ3) is 7.03. The predicted octanol–water partition coefficient (Wildman–Crippen LogP) is 4.53. The van der Waals surface area contributed by atoms with E-state index >= 15 is 0 Å². The zero-order chi connectivity index (χ0) is 26.9. The number of hydrogen-bond donors (Lipinski definition) is 1. The third-order valence-electron chi connectivity index (χ3n) is 5.99. The lowest BCUT2D eigenvalue weighted by Gasteiger charge is -2.19. The lowest BCUT2D eigenvalue weighted by atomic mass is 9.99. The average Bonchev–Trinajstić information content (AvgIpc) is 3.30. The van der Waals surface area contributed by atoms with Crippen molar-refractivity contribution in [3.63, 3.8) is 0 Å². The first kappa shape index (κ1) is 26.5. The zero-order valence-electron chi connectivity index (χ0n) is 21.4. The maximum absolute atomic E-state index is 13.3. The molecule has 9 heteroatoms. The van der Waals surface area contributed by atoms with Gasteiger partial charge in [-0.25, -0.2) is 9.36 Å². The summed E-state index contributed by atoms with van der Waals surface area (Å²) in [6.45, 7) is 4.20. The second-order valence-electron chi connectivity index (χ2n) is 9.34. The first-order valence-corrected chi connectivity index (χ1v) is 12.5. The van der Waals surface area contributed by atoms with Crippen molar-refractivity contribution < 1.29 is 20.3 Å². The monoisotopic (exact) mass is 516 g/mol. The van der Waals surface area contributed by atoms with E-state index in [0.717, 1.165) is 10.1 Å². The van der Waals surface area contributed by atoms with Crippen LogP contribution >= 0.6 is 0 Å². The highest BCUT2D eigenvalue weighted by Crippen LogP contribution is 2.16. The molecule has 0 bridgehead atoms. The summed E-state index contributed by atoms with van der Waals surface area (Å²) >= 11 is 0. The maximum Gasteiger partial charge on any atom is 0.442 e. The molecule has 0 saturated heterocycles. The summed E-state index contributed by atoms with van der Waals surface area (Å²) in [5, 5.41) is 6.63. The number of Topliss-reactive ketones (excluding diaryl/α,β-unsaturated/α-hetero) is 1. The smallest absolute Gasteiger partial charge is 0.442 e. The standard InChI is InChI=1S/C29H30N4O5.H2/c1-20(2)11-16-24(26(34)18-33-27(32-38-29(33)36)25-10-6-7-17-30-25)31-28(35)22-12-14-23(15-13-22)37-19-21-8-4-3-5-9-21;/h3-10,12-15,17,20,24H,11,16,18-19H2,1-2H3,(H,31,35);1H. The van der Waals surface area contributed by atoms with Crippen molar-refractivity contribution in [1.82, 2.24) is 20.0 Å². The van der Waals surface area contributed by atoms with Crippen LogP contribution in [0.15, 0.2) is 88.3 Å². The second-order valence-corrected chi connectivity index (χ2v) is 9.34. The lowest BCUT2D eigenvalue weighted by Crippen LogP contribution is -2.43. The number of carbonyl (C=O) groups is 2. The average molecular weight is 517 g/mol. The van der Waals surface area contributed by atoms with Crippen molar-refractivity contribution in [2.45, 2.75) is 45.9 Å². The van der Waals surface area contributed by atoms with Gasteiger partial charge in [-0.05, 0) is 60.7 Å². The summed E-state index contributed by atoms with van der Waals surface area (Å²) in [5.74, 6) is -0.367. The van der Waals surface area contributed by atoms with Gasteiger partial charge in [-0.3, -0.25) is 19.1 Å². The van der Waals surface area contributed by atoms with E-state index in [9.17, 15) is 14.4 Å². The number of amides is 1. The van der Waals surface area contributed by atoms with Gasteiger partial charge in [0, 0.05) is 13.2 Å². The van der Waals surface area contributed by atoms with Gasteiger partial charge in [-0.1, -0.05) is 55.4 Å². The van der Waals surface area contributed by atoms with Crippen molar-refractivity contribution in [2.75, 3.05) is 0 Å². The Morgan fingerprint density at radius 1 is 1.00 bits per heavy atom. The minimum Gasteiger partial charge on any atom is -0.489 e. The number of carbonyl (C=O) groups excluding carboxylic acids is 2. The summed E-state index contributed by atoms with van der Waals surface area (Å²) in [5.41, 5.74) is 1.85. The van der Waals surface area contributed by atoms with Gasteiger partial charge in [0.05, 0.1) is 12.6 Å². The minimum absolute atomic E-state index is 0. The van der Waals surface area contributed by atoms with E-state index in [1.54, 1.807) is 48.7 Å². The normalized spacial score (nSPS) is 11.8. The Kier molecular flexibility index (Phi) is 8.81. The highest BCUT2D eigenvalue weighted by Gasteiger charge is 2.25. The van der Waals surface area contributed by atoms with Crippen LogP contribution in [-0.4, -0.2) is 32.4 Å². The summed E-state index contributed by atoms with van der Waals surface area (Å²) in [7, 11) is 0. The number of aromatic nitrogens is 3. The predicted molar refractivity (Wildman–Crippen MR) is 144 cm³/mol. The fourth-order valence-corrected chi connectivity index (χ4v) is 3.85. The number of pyridine rings is 1. The van der Waals surface area contributed by atoms with Gasteiger partial charge >= 0.3 is 5.76 Å². The number of nitrogens with one attached hydrogen (secondary N) is 1. The van der Waals surface area contributed by atoms with Gasteiger partial charge < -0.3 is 10.1 Å². The summed E-state index contributed by atoms with van der Waals surface area (Å²) in [6.07, 6.45) is 2.71. The van der Waals surface area contributed by atoms with Gasteiger partial charge in [-0.15, -0.1) is 0 Å². The number of rotatable bonds is 12. The van der Waals surface area contributed by atoms with Crippen molar-refractivity contribution in [3.8, 4) is 17.3 Å². The van der Waals surface area contributed by atoms with E-state index in [0.29, 0.717) is 42.4 Å². The molecule has 2 aromatic carbocycles. The van der Waals surface area contributed by atoms with Crippen LogP contribution in [0.4, 0.5) is 0 Å². The summed E-state index contributed by atoms with van der Waals surface area (Å²) in [6, 6.07) is 20.9. The molecule has 4 rings (SSSR count). The van der Waals surface area contributed by atoms with Crippen LogP contribution in [0.25, 0.3) is 11.5 Å². The van der Waals surface area contributed by atoms with Crippen molar-refractivity contribution in [2.24, 2.45) is 5.92 Å². The lowest BCUT2D eigenvalue weighted by molar-refractivity contribution is -0.121. The molecule has 38 heavy (non-hydrogen) atoms. The molecular formula is C29H32N4O5. The van der Waals surface area contributed by atoms with Crippen LogP contribution in [0.1, 0.15) is 44.0 Å². The summed E-state index contributed by atoms with van der Waals surface area (Å²) < 4.78 is 11.7. The molecule has 1 N–H and O–H groups in total. The molecule has 9 nitrogen and oxygen atoms in total. The minimum atomic E-state index is -0.794. The molecule has 2 heterocycles. The molecule has 1 amide bonds. The van der Waals surface area contributed by atoms with Gasteiger partial charge in [0.25, 0.3) is 5.91 Å². The van der Waals surface area contributed by atoms with E-state index < -0.39 is 11.8 Å². The quantitative estimate of drug-likeness (QED) is 0.294. The number of ketones is 1. The molecule has 4 aromatic rings. The number of ether oxygens (including phenoxy) is 1. The fourth-order valence-electron chi connectivity index (χ4n) is 3.85. The molecule has 0 saturated carbocycles. The highest BCUT2D eigenvalue weighted by atomic mass is 16.5. The number of nitrogens with zero attached hydrogens (tertiary/aromatic N) is 3. The number of benzene rings is 2. The Morgan fingerprint density at radius 2 is 1.74 bits per heavy atom. The Bertz CT molecular complexity index is 1400. The first-order chi connectivity index (χ1) is 18.4. The van der Waals surface area contributed by atoms with E-state index in [1.807, 2.05) is 44.2 Å². The van der Waals surface area contributed by atoms with E-state index in [-0.39, 0.29) is 25.5 Å². The molecule has 198 valence electrons. The van der Waals surface area contributed by atoms with E-state index in [2.05, 4.69) is 15.5 Å². The highest BCUT2D eigenvalue weighted by molar-refractivity contribution is 5.98. The van der Waals surface area contributed by atoms with Crippen LogP contribution in [0.3, 0.4) is 0 Å². The van der Waals surface area contributed by atoms with E-state index in [4.69, 9.17) is 9.26 Å². The molecule has 2 aromatic heterocycles. The van der Waals surface area contributed by atoms with Crippen LogP contribution in [-0.2, 0) is 17.9 Å². The van der Waals surface area contributed by atoms with Crippen LogP contribution < -0.4 is 15.8 Å². The van der Waals surface area contributed by atoms with Crippen LogP contribution in [0, 0.1) is 5.92 Å². The molecule has 0 radical (unpaired) electrons. The SMILES string of the molecule is CC(C)CCC(NC(=O)c1ccc(OCc2ccccc2)cc1)C(=O)Cn1c(-c2ccccn2)noc1=O.[HH]. The molecule has 0 aliphatic carbocycles. The molecular weight excluding hydrogens is 484 g/mol. The fraction of sp³-hybridized carbons (Fsp3) is 0.276. The van der Waals surface area contributed by atoms with Crippen molar-refractivity contribution >= 4 is 11.7 Å². The topological polar surface area (TPSA) is 116 Å².